The molecule has 0 aromatic rings. The van der Waals surface area contributed by atoms with E-state index < -0.39 is 5.41 Å². The maximum atomic E-state index is 12.6. The number of amides is 1. The number of rotatable bonds is 2. The molecule has 0 bridgehead atoms. The van der Waals surface area contributed by atoms with E-state index in [-0.39, 0.29) is 5.91 Å². The van der Waals surface area contributed by atoms with E-state index in [1.807, 2.05) is 4.90 Å². The van der Waals surface area contributed by atoms with Gasteiger partial charge in [0, 0.05) is 13.1 Å². The predicted octanol–water partition coefficient (Wildman–Crippen LogP) is 1.08. The summed E-state index contributed by atoms with van der Waals surface area (Å²) in [5, 5.41) is 0. The molecule has 1 saturated heterocycles. The molecule has 5 heteroatoms. The lowest BCUT2D eigenvalue weighted by molar-refractivity contribution is -0.143. The van der Waals surface area contributed by atoms with Crippen LogP contribution in [0, 0.1) is 5.41 Å². The van der Waals surface area contributed by atoms with Crippen LogP contribution in [0.15, 0.2) is 0 Å². The fraction of sp³-hybridized carbons (Fsp3) is 0.833. The summed E-state index contributed by atoms with van der Waals surface area (Å²) in [6, 6.07) is 0. The Labute approximate surface area is 107 Å². The molecule has 96 valence electrons. The van der Waals surface area contributed by atoms with Crippen molar-refractivity contribution in [3.63, 3.8) is 0 Å². The van der Waals surface area contributed by atoms with Crippen LogP contribution >= 0.6 is 12.2 Å². The van der Waals surface area contributed by atoms with Gasteiger partial charge < -0.3 is 15.4 Å². The molecular weight excluding hydrogens is 236 g/mol. The van der Waals surface area contributed by atoms with Crippen molar-refractivity contribution in [3.8, 4) is 0 Å². The average Bonchev–Trinajstić information content (AvgIpc) is 2.39. The first-order valence-corrected chi connectivity index (χ1v) is 6.75. The fourth-order valence-electron chi connectivity index (χ4n) is 2.79. The maximum Gasteiger partial charge on any atom is 0.235 e. The van der Waals surface area contributed by atoms with E-state index in [0.717, 1.165) is 25.7 Å². The molecule has 1 heterocycles. The highest BCUT2D eigenvalue weighted by Gasteiger charge is 2.44. The monoisotopic (exact) mass is 256 g/mol. The molecule has 0 radical (unpaired) electrons. The number of nitrogens with zero attached hydrogens (tertiary/aromatic N) is 1. The van der Waals surface area contributed by atoms with Gasteiger partial charge in [-0.25, -0.2) is 0 Å². The Morgan fingerprint density at radius 1 is 1.18 bits per heavy atom. The van der Waals surface area contributed by atoms with Crippen LogP contribution in [-0.2, 0) is 9.53 Å². The molecule has 0 aromatic carbocycles. The largest absolute Gasteiger partial charge is 0.392 e. The number of carbonyl (C=O) groups excluding carboxylic acids is 1. The Hall–Kier alpha value is -0.680. The Kier molecular flexibility index (Phi) is 3.99. The average molecular weight is 256 g/mol. The van der Waals surface area contributed by atoms with Gasteiger partial charge in [-0.05, 0) is 12.8 Å². The lowest BCUT2D eigenvalue weighted by Gasteiger charge is -2.40. The van der Waals surface area contributed by atoms with Crippen molar-refractivity contribution in [2.45, 2.75) is 32.1 Å². The van der Waals surface area contributed by atoms with Crippen molar-refractivity contribution in [1.29, 1.82) is 0 Å². The first kappa shape index (κ1) is 12.8. The van der Waals surface area contributed by atoms with Crippen LogP contribution in [-0.4, -0.2) is 42.1 Å². The van der Waals surface area contributed by atoms with E-state index in [4.69, 9.17) is 22.7 Å². The summed E-state index contributed by atoms with van der Waals surface area (Å²) in [6.45, 7) is 2.59. The van der Waals surface area contributed by atoms with Gasteiger partial charge in [-0.15, -0.1) is 0 Å². The van der Waals surface area contributed by atoms with Gasteiger partial charge in [0.15, 0.2) is 0 Å². The Morgan fingerprint density at radius 3 is 2.29 bits per heavy atom. The van der Waals surface area contributed by atoms with Crippen molar-refractivity contribution in [1.82, 2.24) is 4.90 Å². The third kappa shape index (κ3) is 2.45. The first-order chi connectivity index (χ1) is 8.17. The van der Waals surface area contributed by atoms with E-state index in [0.29, 0.717) is 31.3 Å². The molecule has 4 nitrogen and oxygen atoms in total. The molecule has 2 aliphatic rings. The second-order valence-electron chi connectivity index (χ2n) is 4.91. The van der Waals surface area contributed by atoms with Crippen molar-refractivity contribution in [2.75, 3.05) is 26.3 Å². The number of morpholine rings is 1. The van der Waals surface area contributed by atoms with Crippen LogP contribution in [0.3, 0.4) is 0 Å². The molecule has 1 amide bonds. The summed E-state index contributed by atoms with van der Waals surface area (Å²) in [5.41, 5.74) is 5.30. The number of hydrogen-bond acceptors (Lipinski definition) is 3. The maximum absolute atomic E-state index is 12.6. The van der Waals surface area contributed by atoms with Crippen LogP contribution in [0.1, 0.15) is 32.1 Å². The standard InChI is InChI=1S/C12H20N2O2S/c13-10(17)12(4-2-1-3-5-12)11(15)14-6-8-16-9-7-14/h1-9H2,(H2,13,17). The molecule has 2 N–H and O–H groups in total. The van der Waals surface area contributed by atoms with E-state index in [1.165, 1.54) is 6.42 Å². The van der Waals surface area contributed by atoms with Crippen LogP contribution in [0.25, 0.3) is 0 Å². The molecule has 0 unspecified atom stereocenters. The smallest absolute Gasteiger partial charge is 0.235 e. The van der Waals surface area contributed by atoms with Gasteiger partial charge in [-0.3, -0.25) is 4.79 Å². The minimum absolute atomic E-state index is 0.132. The van der Waals surface area contributed by atoms with E-state index in [9.17, 15) is 4.79 Å². The number of ether oxygens (including phenoxy) is 1. The van der Waals surface area contributed by atoms with Crippen LogP contribution in [0.5, 0.6) is 0 Å². The molecule has 0 aromatic heterocycles. The zero-order valence-electron chi connectivity index (χ0n) is 10.1. The Bertz CT molecular complexity index is 308. The zero-order chi connectivity index (χ0) is 12.3. The van der Waals surface area contributed by atoms with Gasteiger partial charge >= 0.3 is 0 Å². The third-order valence-corrected chi connectivity index (χ3v) is 4.28. The first-order valence-electron chi connectivity index (χ1n) is 6.34. The van der Waals surface area contributed by atoms with Crippen LogP contribution in [0.2, 0.25) is 0 Å². The topological polar surface area (TPSA) is 55.6 Å². The summed E-state index contributed by atoms with van der Waals surface area (Å²) in [6.07, 6.45) is 4.92. The van der Waals surface area contributed by atoms with Crippen molar-refractivity contribution in [3.05, 3.63) is 0 Å². The fourth-order valence-corrected chi connectivity index (χ4v) is 3.08. The molecule has 0 atom stereocenters. The molecule has 1 aliphatic heterocycles. The van der Waals surface area contributed by atoms with Crippen molar-refractivity contribution < 1.29 is 9.53 Å². The second kappa shape index (κ2) is 5.31. The molecule has 2 rings (SSSR count). The van der Waals surface area contributed by atoms with Gasteiger partial charge in [0.25, 0.3) is 0 Å². The molecule has 0 spiro atoms. The van der Waals surface area contributed by atoms with Crippen LogP contribution in [0.4, 0.5) is 0 Å². The van der Waals surface area contributed by atoms with Gasteiger partial charge in [-0.1, -0.05) is 31.5 Å². The molecule has 1 saturated carbocycles. The highest BCUT2D eigenvalue weighted by atomic mass is 32.1. The highest BCUT2D eigenvalue weighted by molar-refractivity contribution is 7.80. The molecule has 17 heavy (non-hydrogen) atoms. The Morgan fingerprint density at radius 2 is 1.76 bits per heavy atom. The summed E-state index contributed by atoms with van der Waals surface area (Å²) in [7, 11) is 0. The quantitative estimate of drug-likeness (QED) is 0.751. The summed E-state index contributed by atoms with van der Waals surface area (Å²) in [4.78, 5) is 14.9. The number of nitrogens with two attached hydrogens (primary N) is 1. The third-order valence-electron chi connectivity index (χ3n) is 3.89. The van der Waals surface area contributed by atoms with Gasteiger partial charge in [-0.2, -0.15) is 0 Å². The van der Waals surface area contributed by atoms with E-state index in [1.54, 1.807) is 0 Å². The normalized spacial score (nSPS) is 24.4. The summed E-state index contributed by atoms with van der Waals surface area (Å²) < 4.78 is 5.27. The molecule has 2 fully saturated rings. The summed E-state index contributed by atoms with van der Waals surface area (Å²) in [5.74, 6) is 0.132. The Balaban J connectivity index is 2.14. The van der Waals surface area contributed by atoms with E-state index >= 15 is 0 Å². The highest BCUT2D eigenvalue weighted by Crippen LogP contribution is 2.38. The van der Waals surface area contributed by atoms with Crippen LogP contribution < -0.4 is 5.73 Å². The number of hydrogen-bond donors (Lipinski definition) is 1. The SMILES string of the molecule is NC(=S)C1(C(=O)N2CCOCC2)CCCCC1. The molecule has 1 aliphatic carbocycles. The van der Waals surface area contributed by atoms with Gasteiger partial charge in [0.2, 0.25) is 5.91 Å². The minimum Gasteiger partial charge on any atom is -0.392 e. The zero-order valence-corrected chi connectivity index (χ0v) is 10.9. The minimum atomic E-state index is -0.565. The lowest BCUT2D eigenvalue weighted by Crippen LogP contribution is -2.54. The van der Waals surface area contributed by atoms with Gasteiger partial charge in [0.1, 0.15) is 0 Å². The van der Waals surface area contributed by atoms with Gasteiger partial charge in [0.05, 0.1) is 23.6 Å². The number of thiocarbonyl (C=S) groups is 1. The lowest BCUT2D eigenvalue weighted by atomic mass is 9.73. The predicted molar refractivity (Wildman–Crippen MR) is 69.7 cm³/mol. The molecular formula is C12H20N2O2S. The van der Waals surface area contributed by atoms with Crippen molar-refractivity contribution in [2.24, 2.45) is 11.1 Å². The van der Waals surface area contributed by atoms with Crippen molar-refractivity contribution >= 4 is 23.1 Å². The number of carbonyl (C=O) groups is 1. The van der Waals surface area contributed by atoms with E-state index in [2.05, 4.69) is 0 Å². The summed E-state index contributed by atoms with van der Waals surface area (Å²) >= 11 is 5.17. The second-order valence-corrected chi connectivity index (χ2v) is 5.35.